The van der Waals surface area contributed by atoms with Crippen LogP contribution < -0.4 is 16.4 Å². The van der Waals surface area contributed by atoms with Gasteiger partial charge in [0, 0.05) is 12.7 Å². The van der Waals surface area contributed by atoms with E-state index >= 15 is 0 Å². The fourth-order valence-electron chi connectivity index (χ4n) is 0.737. The molecule has 0 aliphatic carbocycles. The first-order valence-corrected chi connectivity index (χ1v) is 4.54. The number of amides is 3. The van der Waals surface area contributed by atoms with E-state index < -0.39 is 17.9 Å². The minimum atomic E-state index is -0.741. The summed E-state index contributed by atoms with van der Waals surface area (Å²) in [6.45, 7) is 1.04. The topological polar surface area (TPSA) is 101 Å². The number of hydrogen-bond donors (Lipinski definition) is 4. The Labute approximate surface area is 87.0 Å². The van der Waals surface area contributed by atoms with Gasteiger partial charge in [-0.1, -0.05) is 0 Å². The molecule has 0 unspecified atom stereocenters. The lowest BCUT2D eigenvalue weighted by Crippen LogP contribution is -2.49. The highest BCUT2D eigenvalue weighted by molar-refractivity contribution is 7.80. The van der Waals surface area contributed by atoms with E-state index in [9.17, 15) is 14.4 Å². The number of nitrogens with two attached hydrogens (primary N) is 1. The molecule has 0 spiro atoms. The Hall–Kier alpha value is -1.24. The molecule has 3 amide bonds. The standard InChI is InChI=1S/C7H13N3O3S/c1-4(11)10-5(3-14)7(13)9-2-6(8)12/h5,14H,2-3H2,1H3,(H2,8,12)(H,9,13)(H,10,11)/t5-/m0/s1. The lowest BCUT2D eigenvalue weighted by molar-refractivity contribution is -0.128. The summed E-state index contributed by atoms with van der Waals surface area (Å²) in [5.74, 6) is -1.30. The number of nitrogens with one attached hydrogen (secondary N) is 2. The van der Waals surface area contributed by atoms with Crippen LogP contribution in [-0.4, -0.2) is 36.1 Å². The van der Waals surface area contributed by atoms with Gasteiger partial charge in [0.1, 0.15) is 6.04 Å². The average Bonchev–Trinajstić information content (AvgIpc) is 2.09. The van der Waals surface area contributed by atoms with Gasteiger partial charge in [0.2, 0.25) is 17.7 Å². The van der Waals surface area contributed by atoms with E-state index in [1.807, 2.05) is 0 Å². The SMILES string of the molecule is CC(=O)N[C@@H](CS)C(=O)NCC(N)=O. The predicted molar refractivity (Wildman–Crippen MR) is 53.7 cm³/mol. The molecule has 7 heteroatoms. The van der Waals surface area contributed by atoms with Crippen molar-refractivity contribution in [3.63, 3.8) is 0 Å². The zero-order chi connectivity index (χ0) is 11.1. The summed E-state index contributed by atoms with van der Waals surface area (Å²) in [5.41, 5.74) is 4.82. The van der Waals surface area contributed by atoms with Crippen molar-refractivity contribution < 1.29 is 14.4 Å². The zero-order valence-corrected chi connectivity index (χ0v) is 8.64. The summed E-state index contributed by atoms with van der Waals surface area (Å²) in [6.07, 6.45) is 0. The maximum atomic E-state index is 11.2. The minimum absolute atomic E-state index is 0.157. The Morgan fingerprint density at radius 3 is 2.36 bits per heavy atom. The largest absolute Gasteiger partial charge is 0.368 e. The first-order valence-electron chi connectivity index (χ1n) is 3.91. The van der Waals surface area contributed by atoms with E-state index in [-0.39, 0.29) is 18.2 Å². The van der Waals surface area contributed by atoms with Gasteiger partial charge in [-0.3, -0.25) is 14.4 Å². The van der Waals surface area contributed by atoms with E-state index in [0.29, 0.717) is 0 Å². The first-order chi connectivity index (χ1) is 6.47. The normalized spacial score (nSPS) is 11.6. The Morgan fingerprint density at radius 1 is 1.43 bits per heavy atom. The number of carbonyl (C=O) groups excluding carboxylic acids is 3. The summed E-state index contributed by atoms with van der Waals surface area (Å²) in [4.78, 5) is 32.2. The highest BCUT2D eigenvalue weighted by Crippen LogP contribution is 1.88. The van der Waals surface area contributed by atoms with Crippen molar-refractivity contribution in [3.05, 3.63) is 0 Å². The molecular weight excluding hydrogens is 206 g/mol. The predicted octanol–water partition coefficient (Wildman–Crippen LogP) is -1.98. The molecule has 0 aromatic rings. The Bertz CT molecular complexity index is 244. The molecule has 0 saturated heterocycles. The second kappa shape index (κ2) is 6.25. The summed E-state index contributed by atoms with van der Waals surface area (Å²) in [7, 11) is 0. The molecule has 0 heterocycles. The van der Waals surface area contributed by atoms with E-state index in [1.54, 1.807) is 0 Å². The van der Waals surface area contributed by atoms with E-state index in [0.717, 1.165) is 0 Å². The Kier molecular flexibility index (Phi) is 5.70. The fraction of sp³-hybridized carbons (Fsp3) is 0.571. The molecule has 0 aliphatic rings. The van der Waals surface area contributed by atoms with Crippen LogP contribution in [0.4, 0.5) is 0 Å². The van der Waals surface area contributed by atoms with Crippen molar-refractivity contribution in [1.82, 2.24) is 10.6 Å². The Balaban J connectivity index is 4.04. The summed E-state index contributed by atoms with van der Waals surface area (Å²) in [5, 5.41) is 4.63. The quantitative estimate of drug-likeness (QED) is 0.403. The molecule has 0 aromatic carbocycles. The van der Waals surface area contributed by atoms with Gasteiger partial charge < -0.3 is 16.4 Å². The van der Waals surface area contributed by atoms with Gasteiger partial charge in [-0.25, -0.2) is 0 Å². The molecule has 0 fully saturated rings. The third-order valence-electron chi connectivity index (χ3n) is 1.31. The van der Waals surface area contributed by atoms with Crippen molar-refractivity contribution in [2.45, 2.75) is 13.0 Å². The van der Waals surface area contributed by atoms with E-state index in [4.69, 9.17) is 5.73 Å². The van der Waals surface area contributed by atoms with Crippen LogP contribution in [0.5, 0.6) is 0 Å². The second-order valence-corrected chi connectivity index (χ2v) is 2.98. The lowest BCUT2D eigenvalue weighted by atomic mass is 10.3. The average molecular weight is 219 g/mol. The number of rotatable bonds is 5. The first kappa shape index (κ1) is 12.8. The summed E-state index contributed by atoms with van der Waals surface area (Å²) < 4.78 is 0. The number of hydrogen-bond acceptors (Lipinski definition) is 4. The summed E-state index contributed by atoms with van der Waals surface area (Å²) >= 11 is 3.88. The van der Waals surface area contributed by atoms with Crippen molar-refractivity contribution in [1.29, 1.82) is 0 Å². The van der Waals surface area contributed by atoms with E-state index in [2.05, 4.69) is 23.3 Å². The van der Waals surface area contributed by atoms with Crippen molar-refractivity contribution >= 4 is 30.4 Å². The lowest BCUT2D eigenvalue weighted by Gasteiger charge is -2.14. The molecule has 0 aromatic heterocycles. The molecule has 1 atom stereocenters. The highest BCUT2D eigenvalue weighted by Gasteiger charge is 2.17. The molecule has 4 N–H and O–H groups in total. The molecule has 14 heavy (non-hydrogen) atoms. The van der Waals surface area contributed by atoms with Crippen LogP contribution in [-0.2, 0) is 14.4 Å². The van der Waals surface area contributed by atoms with E-state index in [1.165, 1.54) is 6.92 Å². The van der Waals surface area contributed by atoms with Crippen molar-refractivity contribution in [2.75, 3.05) is 12.3 Å². The van der Waals surface area contributed by atoms with Gasteiger partial charge in [-0.05, 0) is 0 Å². The van der Waals surface area contributed by atoms with Crippen LogP contribution in [0.3, 0.4) is 0 Å². The van der Waals surface area contributed by atoms with Crippen molar-refractivity contribution in [2.24, 2.45) is 5.73 Å². The number of primary amides is 1. The van der Waals surface area contributed by atoms with Crippen molar-refractivity contribution in [3.8, 4) is 0 Å². The van der Waals surface area contributed by atoms with Gasteiger partial charge in [-0.15, -0.1) is 0 Å². The minimum Gasteiger partial charge on any atom is -0.368 e. The third-order valence-corrected chi connectivity index (χ3v) is 1.68. The van der Waals surface area contributed by atoms with Gasteiger partial charge in [-0.2, -0.15) is 12.6 Å². The fourth-order valence-corrected chi connectivity index (χ4v) is 0.994. The molecule has 0 aliphatic heterocycles. The molecule has 6 nitrogen and oxygen atoms in total. The van der Waals surface area contributed by atoms with Gasteiger partial charge >= 0.3 is 0 Å². The summed E-state index contributed by atoms with van der Waals surface area (Å²) in [6, 6.07) is -0.741. The Morgan fingerprint density at radius 2 is 2.00 bits per heavy atom. The number of thiol groups is 1. The molecule has 0 saturated carbocycles. The number of carbonyl (C=O) groups is 3. The molecule has 0 bridgehead atoms. The van der Waals surface area contributed by atoms with Crippen LogP contribution in [0.25, 0.3) is 0 Å². The van der Waals surface area contributed by atoms with Crippen LogP contribution in [0.1, 0.15) is 6.92 Å². The molecule has 0 rings (SSSR count). The van der Waals surface area contributed by atoms with Crippen LogP contribution in [0, 0.1) is 0 Å². The zero-order valence-electron chi connectivity index (χ0n) is 7.74. The van der Waals surface area contributed by atoms with Crippen LogP contribution in [0.15, 0.2) is 0 Å². The van der Waals surface area contributed by atoms with Crippen LogP contribution >= 0.6 is 12.6 Å². The molecular formula is C7H13N3O3S. The monoisotopic (exact) mass is 219 g/mol. The van der Waals surface area contributed by atoms with Gasteiger partial charge in [0.15, 0.2) is 0 Å². The molecule has 80 valence electrons. The maximum absolute atomic E-state index is 11.2. The van der Waals surface area contributed by atoms with Gasteiger partial charge in [0.25, 0.3) is 0 Å². The highest BCUT2D eigenvalue weighted by atomic mass is 32.1. The smallest absolute Gasteiger partial charge is 0.243 e. The maximum Gasteiger partial charge on any atom is 0.243 e. The third kappa shape index (κ3) is 5.41. The van der Waals surface area contributed by atoms with Gasteiger partial charge in [0.05, 0.1) is 6.54 Å². The molecule has 0 radical (unpaired) electrons. The van der Waals surface area contributed by atoms with Crippen LogP contribution in [0.2, 0.25) is 0 Å². The second-order valence-electron chi connectivity index (χ2n) is 2.62.